The molecule has 0 aromatic carbocycles. The molecule has 1 N–H and O–H groups in total. The first-order valence-corrected chi connectivity index (χ1v) is 4.16. The molecule has 0 bridgehead atoms. The molecule has 2 rings (SSSR count). The van der Waals surface area contributed by atoms with Crippen molar-refractivity contribution in [1.82, 2.24) is 0 Å². The van der Waals surface area contributed by atoms with Gasteiger partial charge in [-0.1, -0.05) is 19.4 Å². The second-order valence-electron chi connectivity index (χ2n) is 3.65. The van der Waals surface area contributed by atoms with Crippen molar-refractivity contribution in [2.75, 3.05) is 0 Å². The Morgan fingerprint density at radius 3 is 3.20 bits per heavy atom. The Morgan fingerprint density at radius 1 is 1.80 bits per heavy atom. The molecule has 1 heteroatoms. The number of fused-ring (bicyclic) bond motifs is 1. The molecule has 0 heterocycles. The molecule has 2 atom stereocenters. The van der Waals surface area contributed by atoms with Gasteiger partial charge in [-0.2, -0.15) is 0 Å². The highest BCUT2D eigenvalue weighted by molar-refractivity contribution is 5.37. The lowest BCUT2D eigenvalue weighted by Crippen LogP contribution is -2.17. The van der Waals surface area contributed by atoms with Crippen molar-refractivity contribution in [3.63, 3.8) is 0 Å². The third-order valence-corrected chi connectivity index (χ3v) is 2.86. The van der Waals surface area contributed by atoms with Gasteiger partial charge in [0.05, 0.1) is 5.60 Å². The fraction of sp³-hybridized carbons (Fsp3) is 0.778. The first kappa shape index (κ1) is 6.41. The predicted molar refractivity (Wildman–Crippen MR) is 40.7 cm³/mol. The molecule has 1 nitrogen and oxygen atoms in total. The molecule has 0 aliphatic heterocycles. The second kappa shape index (κ2) is 1.85. The van der Waals surface area contributed by atoms with Crippen LogP contribution in [0.3, 0.4) is 0 Å². The molecule has 1 fully saturated rings. The molecule has 56 valence electrons. The maximum Gasteiger partial charge on any atom is 0.0898 e. The summed E-state index contributed by atoms with van der Waals surface area (Å²) >= 11 is 0. The van der Waals surface area contributed by atoms with Gasteiger partial charge in [0, 0.05) is 6.42 Å². The van der Waals surface area contributed by atoms with E-state index >= 15 is 0 Å². The minimum atomic E-state index is -0.321. The predicted octanol–water partition coefficient (Wildman–Crippen LogP) is 1.87. The van der Waals surface area contributed by atoms with Gasteiger partial charge in [-0.15, -0.1) is 0 Å². The maximum atomic E-state index is 9.68. The lowest BCUT2D eigenvalue weighted by Gasteiger charge is -2.19. The van der Waals surface area contributed by atoms with Crippen LogP contribution < -0.4 is 0 Å². The van der Waals surface area contributed by atoms with E-state index in [-0.39, 0.29) is 5.60 Å². The quantitative estimate of drug-likeness (QED) is 0.548. The molecular formula is C9H14O. The van der Waals surface area contributed by atoms with Crippen LogP contribution in [0.25, 0.3) is 0 Å². The monoisotopic (exact) mass is 138 g/mol. The average molecular weight is 138 g/mol. The fourth-order valence-electron chi connectivity index (χ4n) is 1.92. The summed E-state index contributed by atoms with van der Waals surface area (Å²) in [6.07, 6.45) is 6.64. The molecule has 2 aliphatic carbocycles. The van der Waals surface area contributed by atoms with E-state index in [0.717, 1.165) is 18.8 Å². The SMILES string of the molecule is CCC1CC=C2CC2(O)C1. The van der Waals surface area contributed by atoms with E-state index in [9.17, 15) is 5.11 Å². The average Bonchev–Trinajstić information content (AvgIpc) is 2.58. The van der Waals surface area contributed by atoms with E-state index in [1.54, 1.807) is 0 Å². The molecule has 1 saturated carbocycles. The Morgan fingerprint density at radius 2 is 2.60 bits per heavy atom. The van der Waals surface area contributed by atoms with Crippen molar-refractivity contribution >= 4 is 0 Å². The molecule has 0 saturated heterocycles. The zero-order valence-corrected chi connectivity index (χ0v) is 6.43. The first-order valence-electron chi connectivity index (χ1n) is 4.16. The fourth-order valence-corrected chi connectivity index (χ4v) is 1.92. The topological polar surface area (TPSA) is 20.2 Å². The van der Waals surface area contributed by atoms with Gasteiger partial charge in [0.1, 0.15) is 0 Å². The van der Waals surface area contributed by atoms with Gasteiger partial charge < -0.3 is 5.11 Å². The van der Waals surface area contributed by atoms with E-state index in [1.807, 2.05) is 0 Å². The standard InChI is InChI=1S/C9H14O/c1-2-7-3-4-8-6-9(8,10)5-7/h4,7,10H,2-3,5-6H2,1H3. The van der Waals surface area contributed by atoms with Crippen LogP contribution in [0.5, 0.6) is 0 Å². The minimum Gasteiger partial charge on any atom is -0.385 e. The smallest absolute Gasteiger partial charge is 0.0898 e. The van der Waals surface area contributed by atoms with E-state index in [4.69, 9.17) is 0 Å². The van der Waals surface area contributed by atoms with Gasteiger partial charge in [0.15, 0.2) is 0 Å². The van der Waals surface area contributed by atoms with Crippen molar-refractivity contribution in [2.24, 2.45) is 5.92 Å². The summed E-state index contributed by atoms with van der Waals surface area (Å²) in [7, 11) is 0. The lowest BCUT2D eigenvalue weighted by molar-refractivity contribution is 0.125. The van der Waals surface area contributed by atoms with Crippen LogP contribution in [0, 0.1) is 5.92 Å². The van der Waals surface area contributed by atoms with E-state index < -0.39 is 0 Å². The molecule has 0 aromatic rings. The summed E-state index contributed by atoms with van der Waals surface area (Å²) in [6.45, 7) is 2.20. The van der Waals surface area contributed by atoms with E-state index in [1.165, 1.54) is 18.4 Å². The number of aliphatic hydroxyl groups is 1. The summed E-state index contributed by atoms with van der Waals surface area (Å²) in [5.41, 5.74) is 0.982. The summed E-state index contributed by atoms with van der Waals surface area (Å²) in [5.74, 6) is 0.747. The molecule has 10 heavy (non-hydrogen) atoms. The number of hydrogen-bond donors (Lipinski definition) is 1. The molecule has 0 radical (unpaired) electrons. The summed E-state index contributed by atoms with van der Waals surface area (Å²) in [5, 5.41) is 9.68. The highest BCUT2D eigenvalue weighted by Gasteiger charge is 2.49. The second-order valence-corrected chi connectivity index (χ2v) is 3.65. The van der Waals surface area contributed by atoms with Gasteiger partial charge in [-0.05, 0) is 24.3 Å². The molecule has 0 aromatic heterocycles. The zero-order valence-electron chi connectivity index (χ0n) is 6.43. The molecule has 0 amide bonds. The van der Waals surface area contributed by atoms with Crippen molar-refractivity contribution < 1.29 is 5.11 Å². The normalized spacial score (nSPS) is 44.2. The van der Waals surface area contributed by atoms with Crippen LogP contribution in [0.2, 0.25) is 0 Å². The summed E-state index contributed by atoms with van der Waals surface area (Å²) in [6, 6.07) is 0. The maximum absolute atomic E-state index is 9.68. The molecule has 2 aliphatic rings. The number of hydrogen-bond acceptors (Lipinski definition) is 1. The number of allylic oxidation sites excluding steroid dienone is 1. The third-order valence-electron chi connectivity index (χ3n) is 2.86. The van der Waals surface area contributed by atoms with Crippen molar-refractivity contribution in [3.05, 3.63) is 11.6 Å². The highest BCUT2D eigenvalue weighted by atomic mass is 16.3. The van der Waals surface area contributed by atoms with Gasteiger partial charge >= 0.3 is 0 Å². The van der Waals surface area contributed by atoms with Gasteiger partial charge in [0.25, 0.3) is 0 Å². The van der Waals surface area contributed by atoms with Gasteiger partial charge in [-0.25, -0.2) is 0 Å². The van der Waals surface area contributed by atoms with Crippen molar-refractivity contribution in [1.29, 1.82) is 0 Å². The molecule has 0 spiro atoms. The van der Waals surface area contributed by atoms with Gasteiger partial charge in [-0.3, -0.25) is 0 Å². The Balaban J connectivity index is 2.09. The Hall–Kier alpha value is -0.300. The van der Waals surface area contributed by atoms with Crippen molar-refractivity contribution in [3.8, 4) is 0 Å². The summed E-state index contributed by atoms with van der Waals surface area (Å²) in [4.78, 5) is 0. The summed E-state index contributed by atoms with van der Waals surface area (Å²) < 4.78 is 0. The van der Waals surface area contributed by atoms with Crippen LogP contribution in [-0.4, -0.2) is 10.7 Å². The Bertz CT molecular complexity index is 183. The lowest BCUT2D eigenvalue weighted by atomic mass is 9.90. The Labute approximate surface area is 61.8 Å². The minimum absolute atomic E-state index is 0.321. The largest absolute Gasteiger partial charge is 0.385 e. The van der Waals surface area contributed by atoms with E-state index in [2.05, 4.69) is 13.0 Å². The zero-order chi connectivity index (χ0) is 7.19. The van der Waals surface area contributed by atoms with Crippen LogP contribution >= 0.6 is 0 Å². The Kier molecular flexibility index (Phi) is 1.19. The van der Waals surface area contributed by atoms with Crippen LogP contribution in [-0.2, 0) is 0 Å². The third kappa shape index (κ3) is 0.807. The molecular weight excluding hydrogens is 124 g/mol. The van der Waals surface area contributed by atoms with Crippen LogP contribution in [0.15, 0.2) is 11.6 Å². The first-order chi connectivity index (χ1) is 4.74. The molecule has 2 unspecified atom stereocenters. The van der Waals surface area contributed by atoms with Crippen LogP contribution in [0.1, 0.15) is 32.6 Å². The van der Waals surface area contributed by atoms with Gasteiger partial charge in [0.2, 0.25) is 0 Å². The van der Waals surface area contributed by atoms with E-state index in [0.29, 0.717) is 0 Å². The van der Waals surface area contributed by atoms with Crippen molar-refractivity contribution in [2.45, 2.75) is 38.2 Å². The number of rotatable bonds is 1. The highest BCUT2D eigenvalue weighted by Crippen LogP contribution is 2.51. The van der Waals surface area contributed by atoms with Crippen LogP contribution in [0.4, 0.5) is 0 Å².